The van der Waals surface area contributed by atoms with E-state index in [1.165, 1.54) is 23.1 Å². The fraction of sp³-hybridized carbons (Fsp3) is 0.111. The molecule has 0 spiro atoms. The number of primary amides is 1. The van der Waals surface area contributed by atoms with Crippen LogP contribution in [-0.4, -0.2) is 34.9 Å². The van der Waals surface area contributed by atoms with Crippen LogP contribution >= 0.6 is 23.1 Å². The van der Waals surface area contributed by atoms with Crippen molar-refractivity contribution in [1.82, 2.24) is 10.2 Å². The van der Waals surface area contributed by atoms with Crippen molar-refractivity contribution >= 4 is 51.4 Å². The Bertz CT molecular complexity index is 958. The largest absolute Gasteiger partial charge is 0.497 e. The number of hydrogen-bond donors (Lipinski definition) is 3. The van der Waals surface area contributed by atoms with Crippen LogP contribution < -0.4 is 21.1 Å². The lowest BCUT2D eigenvalue weighted by atomic mass is 10.2. The van der Waals surface area contributed by atoms with E-state index in [9.17, 15) is 9.59 Å². The van der Waals surface area contributed by atoms with Gasteiger partial charge in [0.25, 0.3) is 0 Å². The van der Waals surface area contributed by atoms with Gasteiger partial charge in [-0.2, -0.15) is 0 Å². The van der Waals surface area contributed by atoms with E-state index in [4.69, 9.17) is 10.5 Å². The maximum atomic E-state index is 12.1. The zero-order valence-corrected chi connectivity index (χ0v) is 16.5. The average molecular weight is 416 g/mol. The SMILES string of the molecule is COc1ccc(Nc2nnc(SCC(=O)Nc3ccc(C(N)=O)cc3)s2)cc1. The third-order valence-electron chi connectivity index (χ3n) is 3.53. The molecule has 0 fully saturated rings. The number of nitrogens with one attached hydrogen (secondary N) is 2. The van der Waals surface area contributed by atoms with Crippen LogP contribution in [0.1, 0.15) is 10.4 Å². The smallest absolute Gasteiger partial charge is 0.248 e. The number of amides is 2. The molecule has 0 unspecified atom stereocenters. The van der Waals surface area contributed by atoms with Gasteiger partial charge in [-0.1, -0.05) is 23.1 Å². The van der Waals surface area contributed by atoms with Gasteiger partial charge in [0.15, 0.2) is 4.34 Å². The maximum Gasteiger partial charge on any atom is 0.248 e. The summed E-state index contributed by atoms with van der Waals surface area (Å²) in [4.78, 5) is 23.1. The molecule has 1 heterocycles. The minimum absolute atomic E-state index is 0.184. The first kappa shape index (κ1) is 19.6. The summed E-state index contributed by atoms with van der Waals surface area (Å²) in [6, 6.07) is 13.8. The van der Waals surface area contributed by atoms with Crippen LogP contribution in [0.25, 0.3) is 0 Å². The van der Waals surface area contributed by atoms with Crippen LogP contribution in [0.3, 0.4) is 0 Å². The lowest BCUT2D eigenvalue weighted by Crippen LogP contribution is -2.14. The maximum absolute atomic E-state index is 12.1. The van der Waals surface area contributed by atoms with Crippen molar-refractivity contribution in [2.45, 2.75) is 4.34 Å². The van der Waals surface area contributed by atoms with Gasteiger partial charge in [-0.15, -0.1) is 10.2 Å². The Morgan fingerprint density at radius 3 is 2.39 bits per heavy atom. The monoisotopic (exact) mass is 415 g/mol. The van der Waals surface area contributed by atoms with Gasteiger partial charge < -0.3 is 21.1 Å². The summed E-state index contributed by atoms with van der Waals surface area (Å²) in [5.74, 6) is 0.268. The number of carbonyl (C=O) groups excluding carboxylic acids is 2. The highest BCUT2D eigenvalue weighted by atomic mass is 32.2. The number of thioether (sulfide) groups is 1. The van der Waals surface area contributed by atoms with E-state index in [-0.39, 0.29) is 11.7 Å². The van der Waals surface area contributed by atoms with Crippen molar-refractivity contribution in [1.29, 1.82) is 0 Å². The van der Waals surface area contributed by atoms with Crippen LogP contribution in [0.15, 0.2) is 52.9 Å². The van der Waals surface area contributed by atoms with Gasteiger partial charge in [-0.25, -0.2) is 0 Å². The second-order valence-electron chi connectivity index (χ2n) is 5.51. The first-order valence-corrected chi connectivity index (χ1v) is 9.91. The minimum atomic E-state index is -0.510. The molecule has 0 aliphatic carbocycles. The van der Waals surface area contributed by atoms with Crippen molar-refractivity contribution < 1.29 is 14.3 Å². The molecular weight excluding hydrogens is 398 g/mol. The van der Waals surface area contributed by atoms with Crippen LogP contribution in [-0.2, 0) is 4.79 Å². The van der Waals surface area contributed by atoms with E-state index in [0.717, 1.165) is 11.4 Å². The number of methoxy groups -OCH3 is 1. The number of aromatic nitrogens is 2. The summed E-state index contributed by atoms with van der Waals surface area (Å²) >= 11 is 2.65. The Morgan fingerprint density at radius 1 is 1.07 bits per heavy atom. The molecule has 28 heavy (non-hydrogen) atoms. The van der Waals surface area contributed by atoms with E-state index in [0.29, 0.717) is 20.7 Å². The number of nitrogens with zero attached hydrogens (tertiary/aromatic N) is 2. The second-order valence-corrected chi connectivity index (χ2v) is 7.71. The first-order chi connectivity index (χ1) is 13.5. The molecule has 144 valence electrons. The lowest BCUT2D eigenvalue weighted by Gasteiger charge is -2.04. The normalized spacial score (nSPS) is 10.3. The zero-order chi connectivity index (χ0) is 19.9. The fourth-order valence-corrected chi connectivity index (χ4v) is 3.73. The van der Waals surface area contributed by atoms with Gasteiger partial charge in [0.05, 0.1) is 12.9 Å². The molecule has 8 nitrogen and oxygen atoms in total. The lowest BCUT2D eigenvalue weighted by molar-refractivity contribution is -0.113. The molecule has 3 aromatic rings. The van der Waals surface area contributed by atoms with E-state index in [1.54, 1.807) is 31.4 Å². The van der Waals surface area contributed by atoms with Crippen LogP contribution in [0.5, 0.6) is 5.75 Å². The molecule has 0 saturated carbocycles. The van der Waals surface area contributed by atoms with Crippen molar-refractivity contribution in [2.75, 3.05) is 23.5 Å². The van der Waals surface area contributed by atoms with E-state index in [1.807, 2.05) is 24.3 Å². The third-order valence-corrected chi connectivity index (χ3v) is 5.50. The molecule has 0 aliphatic rings. The molecule has 0 atom stereocenters. The standard InChI is InChI=1S/C18H17N5O3S2/c1-26-14-8-6-13(7-9-14)21-17-22-23-18(28-17)27-10-15(24)20-12-4-2-11(3-5-12)16(19)25/h2-9H,10H2,1H3,(H2,19,25)(H,20,24)(H,21,22). The Labute approximate surface area is 169 Å². The molecule has 3 rings (SSSR count). The Morgan fingerprint density at radius 2 is 1.75 bits per heavy atom. The Balaban J connectivity index is 1.49. The molecule has 0 aliphatic heterocycles. The Hall–Kier alpha value is -3.11. The van der Waals surface area contributed by atoms with Crippen LogP contribution in [0.2, 0.25) is 0 Å². The molecule has 2 amide bonds. The van der Waals surface area contributed by atoms with Crippen molar-refractivity contribution in [3.8, 4) is 5.75 Å². The topological polar surface area (TPSA) is 119 Å². The molecule has 0 saturated heterocycles. The zero-order valence-electron chi connectivity index (χ0n) is 14.8. The predicted molar refractivity (Wildman–Crippen MR) is 110 cm³/mol. The molecule has 0 bridgehead atoms. The molecule has 0 radical (unpaired) electrons. The Kier molecular flexibility index (Phi) is 6.45. The van der Waals surface area contributed by atoms with Crippen LogP contribution in [0.4, 0.5) is 16.5 Å². The number of hydrogen-bond acceptors (Lipinski definition) is 8. The van der Waals surface area contributed by atoms with Crippen LogP contribution in [0, 0.1) is 0 Å². The van der Waals surface area contributed by atoms with E-state index >= 15 is 0 Å². The number of carbonyl (C=O) groups is 2. The highest BCUT2D eigenvalue weighted by Crippen LogP contribution is 2.28. The quantitative estimate of drug-likeness (QED) is 0.484. The summed E-state index contributed by atoms with van der Waals surface area (Å²) in [5.41, 5.74) is 7.03. The van der Waals surface area contributed by atoms with Gasteiger partial charge in [0.1, 0.15) is 5.75 Å². The molecule has 10 heteroatoms. The van der Waals surface area contributed by atoms with Gasteiger partial charge in [0.2, 0.25) is 16.9 Å². The summed E-state index contributed by atoms with van der Waals surface area (Å²) in [7, 11) is 1.61. The van der Waals surface area contributed by atoms with Gasteiger partial charge in [0, 0.05) is 16.9 Å². The molecular formula is C18H17N5O3S2. The van der Waals surface area contributed by atoms with E-state index in [2.05, 4.69) is 20.8 Å². The summed E-state index contributed by atoms with van der Waals surface area (Å²) in [5, 5.41) is 14.7. The summed E-state index contributed by atoms with van der Waals surface area (Å²) in [6.07, 6.45) is 0. The third kappa shape index (κ3) is 5.44. The average Bonchev–Trinajstić information content (AvgIpc) is 3.15. The second kappa shape index (κ2) is 9.20. The predicted octanol–water partition coefficient (Wildman–Crippen LogP) is 3.12. The summed E-state index contributed by atoms with van der Waals surface area (Å²) < 4.78 is 5.80. The van der Waals surface area contributed by atoms with Gasteiger partial charge in [-0.3, -0.25) is 9.59 Å². The number of benzene rings is 2. The van der Waals surface area contributed by atoms with Gasteiger partial charge >= 0.3 is 0 Å². The van der Waals surface area contributed by atoms with Crippen molar-refractivity contribution in [3.05, 3.63) is 54.1 Å². The van der Waals surface area contributed by atoms with E-state index < -0.39 is 5.91 Å². The highest BCUT2D eigenvalue weighted by Gasteiger charge is 2.09. The van der Waals surface area contributed by atoms with Gasteiger partial charge in [-0.05, 0) is 48.5 Å². The minimum Gasteiger partial charge on any atom is -0.497 e. The summed E-state index contributed by atoms with van der Waals surface area (Å²) in [6.45, 7) is 0. The molecule has 2 aromatic carbocycles. The number of nitrogens with two attached hydrogens (primary N) is 1. The number of ether oxygens (including phenoxy) is 1. The number of rotatable bonds is 8. The molecule has 4 N–H and O–H groups in total. The number of anilines is 3. The fourth-order valence-electron chi connectivity index (χ4n) is 2.16. The van der Waals surface area contributed by atoms with Crippen molar-refractivity contribution in [3.63, 3.8) is 0 Å². The molecule has 1 aromatic heterocycles. The van der Waals surface area contributed by atoms with Crippen molar-refractivity contribution in [2.24, 2.45) is 5.73 Å². The highest BCUT2D eigenvalue weighted by molar-refractivity contribution is 8.01. The first-order valence-electron chi connectivity index (χ1n) is 8.10.